The summed E-state index contributed by atoms with van der Waals surface area (Å²) in [6.07, 6.45) is -0.269. The Balaban J connectivity index is 2.14. The molecule has 0 heterocycles. The van der Waals surface area contributed by atoms with E-state index in [9.17, 15) is 8.42 Å². The molecule has 2 aromatic carbocycles. The zero-order valence-electron chi connectivity index (χ0n) is 21.0. The van der Waals surface area contributed by atoms with Crippen molar-refractivity contribution in [3.05, 3.63) is 59.7 Å². The molecular formula is C26H40O5SSi. The van der Waals surface area contributed by atoms with Crippen LogP contribution in [0.3, 0.4) is 0 Å². The monoisotopic (exact) mass is 492 g/mol. The Bertz CT molecular complexity index is 929. The molecule has 0 unspecified atom stereocenters. The molecule has 0 spiro atoms. The summed E-state index contributed by atoms with van der Waals surface area (Å²) < 4.78 is 44.2. The molecule has 2 atom stereocenters. The zero-order chi connectivity index (χ0) is 24.5. The van der Waals surface area contributed by atoms with Crippen LogP contribution in [0.4, 0.5) is 0 Å². The maximum Gasteiger partial charge on any atom is 0.192 e. The molecule has 0 radical (unpaired) electrons. The summed E-state index contributed by atoms with van der Waals surface area (Å²) in [7, 11) is -3.71. The molecule has 5 nitrogen and oxygen atoms in total. The summed E-state index contributed by atoms with van der Waals surface area (Å²) >= 11 is 0. The molecular weight excluding hydrogens is 452 g/mol. The van der Waals surface area contributed by atoms with Crippen LogP contribution in [0, 0.1) is 12.8 Å². The smallest absolute Gasteiger partial charge is 0.192 e. The molecule has 2 aromatic rings. The highest BCUT2D eigenvalue weighted by molar-refractivity contribution is 7.91. The lowest BCUT2D eigenvalue weighted by Crippen LogP contribution is -2.45. The number of hydrogen-bond donors (Lipinski definition) is 0. The van der Waals surface area contributed by atoms with Gasteiger partial charge in [-0.05, 0) is 60.8 Å². The van der Waals surface area contributed by atoms with Gasteiger partial charge in [0.05, 0.1) is 37.1 Å². The maximum atomic E-state index is 13.1. The SMILES string of the molecule is CC[Si](CC)(CC)O[C@@H](COCc1ccc(OC)cc1)[C@H](C)CS(=O)(=O)c1ccc(C)cc1. The first-order chi connectivity index (χ1) is 15.7. The first-order valence-corrected chi connectivity index (χ1v) is 16.0. The van der Waals surface area contributed by atoms with E-state index in [1.807, 2.05) is 50.2 Å². The minimum Gasteiger partial charge on any atom is -0.497 e. The Morgan fingerprint density at radius 3 is 2.00 bits per heavy atom. The lowest BCUT2D eigenvalue weighted by Gasteiger charge is -2.36. The van der Waals surface area contributed by atoms with Crippen LogP contribution in [0.25, 0.3) is 0 Å². The van der Waals surface area contributed by atoms with Gasteiger partial charge in [0.2, 0.25) is 0 Å². The number of aryl methyl sites for hydroxylation is 1. The highest BCUT2D eigenvalue weighted by Crippen LogP contribution is 2.28. The third kappa shape index (κ3) is 7.95. The average Bonchev–Trinajstić information content (AvgIpc) is 2.82. The van der Waals surface area contributed by atoms with Gasteiger partial charge >= 0.3 is 0 Å². The van der Waals surface area contributed by atoms with E-state index >= 15 is 0 Å². The predicted octanol–water partition coefficient (Wildman–Crippen LogP) is 6.02. The van der Waals surface area contributed by atoms with Gasteiger partial charge in [-0.25, -0.2) is 8.42 Å². The summed E-state index contributed by atoms with van der Waals surface area (Å²) in [4.78, 5) is 0.364. The summed E-state index contributed by atoms with van der Waals surface area (Å²) in [5, 5.41) is 0. The molecule has 0 saturated heterocycles. The quantitative estimate of drug-likeness (QED) is 0.302. The molecule has 0 aliphatic carbocycles. The molecule has 184 valence electrons. The average molecular weight is 493 g/mol. The minimum absolute atomic E-state index is 0.0360. The van der Waals surface area contributed by atoms with Crippen molar-refractivity contribution in [3.8, 4) is 5.75 Å². The second-order valence-electron chi connectivity index (χ2n) is 8.83. The maximum absolute atomic E-state index is 13.1. The van der Waals surface area contributed by atoms with E-state index in [2.05, 4.69) is 20.8 Å². The molecule has 33 heavy (non-hydrogen) atoms. The summed E-state index contributed by atoms with van der Waals surface area (Å²) in [5.41, 5.74) is 2.08. The molecule has 0 fully saturated rings. The van der Waals surface area contributed by atoms with Crippen LogP contribution < -0.4 is 4.74 Å². The van der Waals surface area contributed by atoms with Gasteiger partial charge in [-0.15, -0.1) is 0 Å². The number of sulfone groups is 1. The normalized spacial score (nSPS) is 14.1. The van der Waals surface area contributed by atoms with Gasteiger partial charge in [-0.2, -0.15) is 0 Å². The van der Waals surface area contributed by atoms with Crippen LogP contribution >= 0.6 is 0 Å². The van der Waals surface area contributed by atoms with Crippen molar-refractivity contribution in [1.29, 1.82) is 0 Å². The van der Waals surface area contributed by atoms with E-state index in [0.717, 1.165) is 35.0 Å². The van der Waals surface area contributed by atoms with Gasteiger partial charge in [0, 0.05) is 0 Å². The first kappa shape index (κ1) is 27.6. The van der Waals surface area contributed by atoms with Gasteiger partial charge in [-0.1, -0.05) is 57.5 Å². The van der Waals surface area contributed by atoms with Gasteiger partial charge in [0.15, 0.2) is 18.2 Å². The Morgan fingerprint density at radius 2 is 1.48 bits per heavy atom. The highest BCUT2D eigenvalue weighted by atomic mass is 32.2. The zero-order valence-corrected chi connectivity index (χ0v) is 22.8. The van der Waals surface area contributed by atoms with Crippen molar-refractivity contribution >= 4 is 18.2 Å². The second-order valence-corrected chi connectivity index (χ2v) is 15.6. The van der Waals surface area contributed by atoms with Gasteiger partial charge in [-0.3, -0.25) is 0 Å². The molecule has 0 aliphatic rings. The highest BCUT2D eigenvalue weighted by Gasteiger charge is 2.35. The van der Waals surface area contributed by atoms with Crippen molar-refractivity contribution < 1.29 is 22.3 Å². The van der Waals surface area contributed by atoms with E-state index < -0.39 is 18.2 Å². The molecule has 0 bridgehead atoms. The number of rotatable bonds is 14. The van der Waals surface area contributed by atoms with Crippen LogP contribution in [0.1, 0.15) is 38.8 Å². The predicted molar refractivity (Wildman–Crippen MR) is 137 cm³/mol. The van der Waals surface area contributed by atoms with Crippen molar-refractivity contribution in [2.24, 2.45) is 5.92 Å². The van der Waals surface area contributed by atoms with Gasteiger partial charge in [0.25, 0.3) is 0 Å². The molecule has 0 aromatic heterocycles. The van der Waals surface area contributed by atoms with Gasteiger partial charge < -0.3 is 13.9 Å². The molecule has 0 amide bonds. The number of benzene rings is 2. The van der Waals surface area contributed by atoms with Crippen molar-refractivity contribution in [3.63, 3.8) is 0 Å². The second kappa shape index (κ2) is 12.7. The standard InChI is InChI=1S/C26H40O5SSi/c1-7-33(8-2,9-3)31-26(19-30-18-23-12-14-24(29-6)15-13-23)22(5)20-32(27,28)25-16-10-21(4)11-17-25/h10-17,22,26H,7-9,18-20H2,1-6H3/t22-,26+/m1/s1. The minimum atomic E-state index is -3.42. The number of methoxy groups -OCH3 is 1. The number of ether oxygens (including phenoxy) is 2. The first-order valence-electron chi connectivity index (χ1n) is 11.9. The molecule has 7 heteroatoms. The van der Waals surface area contributed by atoms with E-state index in [1.165, 1.54) is 0 Å². The molecule has 2 rings (SSSR count). The Morgan fingerprint density at radius 1 is 0.909 bits per heavy atom. The molecule has 0 N–H and O–H groups in total. The van der Waals surface area contributed by atoms with Crippen LogP contribution in [-0.2, 0) is 25.6 Å². The third-order valence-electron chi connectivity index (χ3n) is 6.54. The Kier molecular flexibility index (Phi) is 10.6. The van der Waals surface area contributed by atoms with E-state index in [0.29, 0.717) is 18.1 Å². The van der Waals surface area contributed by atoms with E-state index in [4.69, 9.17) is 13.9 Å². The van der Waals surface area contributed by atoms with E-state index in [1.54, 1.807) is 19.2 Å². The number of hydrogen-bond acceptors (Lipinski definition) is 5. The van der Waals surface area contributed by atoms with Crippen LogP contribution in [0.2, 0.25) is 18.1 Å². The summed E-state index contributed by atoms with van der Waals surface area (Å²) in [6.45, 7) is 11.3. The third-order valence-corrected chi connectivity index (χ3v) is 13.2. The van der Waals surface area contributed by atoms with Crippen LogP contribution in [-0.4, -0.2) is 42.3 Å². The van der Waals surface area contributed by atoms with Crippen molar-refractivity contribution in [1.82, 2.24) is 0 Å². The lowest BCUT2D eigenvalue weighted by atomic mass is 10.1. The van der Waals surface area contributed by atoms with Gasteiger partial charge in [0.1, 0.15) is 5.75 Å². The van der Waals surface area contributed by atoms with Crippen LogP contribution in [0.5, 0.6) is 5.75 Å². The topological polar surface area (TPSA) is 61.8 Å². The Labute approximate surface area is 201 Å². The molecule has 0 aliphatic heterocycles. The fraction of sp³-hybridized carbons (Fsp3) is 0.538. The van der Waals surface area contributed by atoms with Crippen LogP contribution in [0.15, 0.2) is 53.4 Å². The lowest BCUT2D eigenvalue weighted by molar-refractivity contribution is 0.0146. The molecule has 0 saturated carbocycles. The van der Waals surface area contributed by atoms with Crippen molar-refractivity contribution in [2.75, 3.05) is 19.5 Å². The Hall–Kier alpha value is -1.67. The largest absolute Gasteiger partial charge is 0.497 e. The van der Waals surface area contributed by atoms with Crippen molar-refractivity contribution in [2.45, 2.75) is 70.4 Å². The summed E-state index contributed by atoms with van der Waals surface area (Å²) in [6, 6.07) is 17.9. The summed E-state index contributed by atoms with van der Waals surface area (Å²) in [5.74, 6) is 0.650. The fourth-order valence-electron chi connectivity index (χ4n) is 3.95. The fourth-order valence-corrected chi connectivity index (χ4v) is 8.54. The van der Waals surface area contributed by atoms with E-state index in [-0.39, 0.29) is 17.8 Å².